The number of amides is 1. The largest absolute Gasteiger partial charge is 0.383 e. The molecule has 1 unspecified atom stereocenters. The van der Waals surface area contributed by atoms with Crippen LogP contribution in [0.15, 0.2) is 24.3 Å². The van der Waals surface area contributed by atoms with Gasteiger partial charge in [0.2, 0.25) is 5.91 Å². The van der Waals surface area contributed by atoms with E-state index in [1.807, 2.05) is 0 Å². The maximum atomic E-state index is 13.7. The molecule has 0 aromatic heterocycles. The van der Waals surface area contributed by atoms with E-state index in [-0.39, 0.29) is 18.1 Å². The number of methoxy groups -OCH3 is 1. The lowest BCUT2D eigenvalue weighted by atomic mass is 10.1. The average molecular weight is 294 g/mol. The van der Waals surface area contributed by atoms with Gasteiger partial charge < -0.3 is 15.0 Å². The van der Waals surface area contributed by atoms with Gasteiger partial charge in [0, 0.05) is 26.2 Å². The van der Waals surface area contributed by atoms with Crippen molar-refractivity contribution in [1.82, 2.24) is 10.2 Å². The van der Waals surface area contributed by atoms with Crippen LogP contribution in [0.1, 0.15) is 18.4 Å². The van der Waals surface area contributed by atoms with Crippen LogP contribution in [0.4, 0.5) is 4.39 Å². The molecule has 116 valence electrons. The summed E-state index contributed by atoms with van der Waals surface area (Å²) in [5.41, 5.74) is 0.448. The Hall–Kier alpha value is -1.46. The van der Waals surface area contributed by atoms with Gasteiger partial charge in [-0.3, -0.25) is 4.79 Å². The molecule has 1 heterocycles. The van der Waals surface area contributed by atoms with Gasteiger partial charge in [-0.05, 0) is 31.0 Å². The molecule has 1 aromatic carbocycles. The number of halogens is 1. The van der Waals surface area contributed by atoms with Crippen molar-refractivity contribution < 1.29 is 13.9 Å². The van der Waals surface area contributed by atoms with Crippen molar-refractivity contribution >= 4 is 5.91 Å². The van der Waals surface area contributed by atoms with Gasteiger partial charge in [-0.15, -0.1) is 0 Å². The van der Waals surface area contributed by atoms with Crippen LogP contribution in [0.5, 0.6) is 0 Å². The molecule has 4 nitrogen and oxygen atoms in total. The van der Waals surface area contributed by atoms with E-state index in [9.17, 15) is 9.18 Å². The van der Waals surface area contributed by atoms with Crippen molar-refractivity contribution in [3.8, 4) is 0 Å². The first-order chi connectivity index (χ1) is 10.2. The number of nitrogens with one attached hydrogen (secondary N) is 1. The van der Waals surface area contributed by atoms with Crippen LogP contribution in [0.25, 0.3) is 0 Å². The van der Waals surface area contributed by atoms with Crippen LogP contribution in [-0.2, 0) is 16.0 Å². The van der Waals surface area contributed by atoms with Gasteiger partial charge in [0.25, 0.3) is 0 Å². The Balaban J connectivity index is 1.97. The molecule has 0 saturated carbocycles. The molecule has 1 atom stereocenters. The topological polar surface area (TPSA) is 41.6 Å². The van der Waals surface area contributed by atoms with Crippen LogP contribution >= 0.6 is 0 Å². The van der Waals surface area contributed by atoms with E-state index >= 15 is 0 Å². The van der Waals surface area contributed by atoms with Gasteiger partial charge in [-0.2, -0.15) is 0 Å². The summed E-state index contributed by atoms with van der Waals surface area (Å²) in [5.74, 6) is -0.373. The summed E-state index contributed by atoms with van der Waals surface area (Å²) in [6.45, 7) is 2.71. The minimum absolute atomic E-state index is 0.0501. The fourth-order valence-corrected chi connectivity index (χ4v) is 2.61. The highest BCUT2D eigenvalue weighted by atomic mass is 19.1. The molecule has 0 spiro atoms. The molecule has 1 aliphatic rings. The zero-order chi connectivity index (χ0) is 15.1. The van der Waals surface area contributed by atoms with Crippen molar-refractivity contribution in [1.29, 1.82) is 0 Å². The lowest BCUT2D eigenvalue weighted by molar-refractivity contribution is -0.131. The number of hydrogen-bond acceptors (Lipinski definition) is 3. The molecule has 5 heteroatoms. The zero-order valence-corrected chi connectivity index (χ0v) is 12.5. The SMILES string of the molecule is COCCN(CC1CCCN1)C(=O)Cc1ccccc1F. The molecule has 1 aliphatic heterocycles. The van der Waals surface area contributed by atoms with Gasteiger partial charge in [-0.25, -0.2) is 4.39 Å². The first kappa shape index (κ1) is 15.9. The van der Waals surface area contributed by atoms with Crippen molar-refractivity contribution in [3.05, 3.63) is 35.6 Å². The van der Waals surface area contributed by atoms with Crippen LogP contribution in [0.3, 0.4) is 0 Å². The Bertz CT molecular complexity index is 461. The van der Waals surface area contributed by atoms with E-state index in [4.69, 9.17) is 4.74 Å². The van der Waals surface area contributed by atoms with Crippen molar-refractivity contribution in [3.63, 3.8) is 0 Å². The van der Waals surface area contributed by atoms with Crippen LogP contribution in [0, 0.1) is 5.82 Å². The van der Waals surface area contributed by atoms with Gasteiger partial charge in [-0.1, -0.05) is 18.2 Å². The van der Waals surface area contributed by atoms with Crippen LogP contribution in [0.2, 0.25) is 0 Å². The number of carbonyl (C=O) groups is 1. The molecule has 1 fully saturated rings. The molecule has 2 rings (SSSR count). The predicted molar refractivity (Wildman–Crippen MR) is 79.6 cm³/mol. The summed E-state index contributed by atoms with van der Waals surface area (Å²) in [4.78, 5) is 14.2. The Kier molecular flexibility index (Phi) is 6.14. The molecular formula is C16H23FN2O2. The first-order valence-corrected chi connectivity index (χ1v) is 7.44. The number of carbonyl (C=O) groups excluding carboxylic acids is 1. The van der Waals surface area contributed by atoms with Gasteiger partial charge >= 0.3 is 0 Å². The Labute approximate surface area is 125 Å². The first-order valence-electron chi connectivity index (χ1n) is 7.44. The summed E-state index contributed by atoms with van der Waals surface area (Å²) >= 11 is 0. The molecule has 1 N–H and O–H groups in total. The van der Waals surface area contributed by atoms with Crippen molar-refractivity contribution in [2.24, 2.45) is 0 Å². The lowest BCUT2D eigenvalue weighted by Crippen LogP contribution is -2.43. The van der Waals surface area contributed by atoms with Crippen molar-refractivity contribution in [2.45, 2.75) is 25.3 Å². The predicted octanol–water partition coefficient (Wildman–Crippen LogP) is 1.60. The van der Waals surface area contributed by atoms with Gasteiger partial charge in [0.15, 0.2) is 0 Å². The second-order valence-corrected chi connectivity index (χ2v) is 5.39. The summed E-state index contributed by atoms with van der Waals surface area (Å²) < 4.78 is 18.7. The highest BCUT2D eigenvalue weighted by molar-refractivity contribution is 5.78. The van der Waals surface area contributed by atoms with E-state index in [1.165, 1.54) is 6.07 Å². The summed E-state index contributed by atoms with van der Waals surface area (Å²) in [5, 5.41) is 3.38. The Morgan fingerprint density at radius 2 is 2.29 bits per heavy atom. The Morgan fingerprint density at radius 1 is 1.48 bits per heavy atom. The van der Waals surface area contributed by atoms with Crippen molar-refractivity contribution in [2.75, 3.05) is 33.4 Å². The molecule has 0 bridgehead atoms. The van der Waals surface area contributed by atoms with E-state index in [1.54, 1.807) is 30.2 Å². The highest BCUT2D eigenvalue weighted by Gasteiger charge is 2.22. The maximum absolute atomic E-state index is 13.7. The third kappa shape index (κ3) is 4.79. The third-order valence-corrected chi connectivity index (χ3v) is 3.82. The molecule has 0 aliphatic carbocycles. The van der Waals surface area contributed by atoms with Gasteiger partial charge in [0.1, 0.15) is 5.82 Å². The lowest BCUT2D eigenvalue weighted by Gasteiger charge is -2.26. The fraction of sp³-hybridized carbons (Fsp3) is 0.562. The zero-order valence-electron chi connectivity index (χ0n) is 12.5. The second kappa shape index (κ2) is 8.10. The monoisotopic (exact) mass is 294 g/mol. The standard InChI is InChI=1S/C16H23FN2O2/c1-21-10-9-19(12-14-6-4-8-18-14)16(20)11-13-5-2-3-7-15(13)17/h2-3,5,7,14,18H,4,6,8-12H2,1H3. The van der Waals surface area contributed by atoms with E-state index in [0.29, 0.717) is 31.3 Å². The average Bonchev–Trinajstić information content (AvgIpc) is 2.98. The number of hydrogen-bond donors (Lipinski definition) is 1. The Morgan fingerprint density at radius 3 is 2.95 bits per heavy atom. The van der Waals surface area contributed by atoms with Gasteiger partial charge in [0.05, 0.1) is 13.0 Å². The molecule has 1 saturated heterocycles. The molecule has 21 heavy (non-hydrogen) atoms. The van der Waals surface area contributed by atoms with E-state index in [0.717, 1.165) is 19.4 Å². The van der Waals surface area contributed by atoms with E-state index in [2.05, 4.69) is 5.32 Å². The van der Waals surface area contributed by atoms with E-state index < -0.39 is 0 Å². The fourth-order valence-electron chi connectivity index (χ4n) is 2.61. The normalized spacial score (nSPS) is 17.9. The smallest absolute Gasteiger partial charge is 0.227 e. The van der Waals surface area contributed by atoms with Crippen LogP contribution in [-0.4, -0.2) is 50.2 Å². The minimum atomic E-state index is -0.323. The third-order valence-electron chi connectivity index (χ3n) is 3.82. The summed E-state index contributed by atoms with van der Waals surface area (Å²) in [6.07, 6.45) is 2.32. The number of benzene rings is 1. The number of ether oxygens (including phenoxy) is 1. The number of nitrogens with zero attached hydrogens (tertiary/aromatic N) is 1. The molecule has 1 amide bonds. The molecule has 1 aromatic rings. The number of rotatable bonds is 7. The quantitative estimate of drug-likeness (QED) is 0.830. The molecule has 0 radical (unpaired) electrons. The summed E-state index contributed by atoms with van der Waals surface area (Å²) in [7, 11) is 1.62. The highest BCUT2D eigenvalue weighted by Crippen LogP contribution is 2.11. The summed E-state index contributed by atoms with van der Waals surface area (Å²) in [6, 6.07) is 6.78. The minimum Gasteiger partial charge on any atom is -0.383 e. The maximum Gasteiger partial charge on any atom is 0.227 e. The second-order valence-electron chi connectivity index (χ2n) is 5.39. The van der Waals surface area contributed by atoms with Crippen LogP contribution < -0.4 is 5.32 Å². The molecular weight excluding hydrogens is 271 g/mol.